The number of aromatic nitrogens is 4. The van der Waals surface area contributed by atoms with E-state index >= 15 is 0 Å². The molecule has 182 valence electrons. The summed E-state index contributed by atoms with van der Waals surface area (Å²) in [6, 6.07) is 14.5. The third-order valence-corrected chi connectivity index (χ3v) is 5.67. The van der Waals surface area contributed by atoms with Crippen molar-refractivity contribution >= 4 is 34.9 Å². The van der Waals surface area contributed by atoms with Gasteiger partial charge in [0, 0.05) is 19.1 Å². The molecular weight excluding hydrogens is 472 g/mol. The van der Waals surface area contributed by atoms with Gasteiger partial charge in [0.1, 0.15) is 18.5 Å². The number of aliphatic hydroxyl groups is 1. The Hall–Kier alpha value is -3.89. The highest BCUT2D eigenvalue weighted by Gasteiger charge is 2.21. The molecule has 0 saturated heterocycles. The summed E-state index contributed by atoms with van der Waals surface area (Å²) in [5.41, 5.74) is 3.94. The Morgan fingerprint density at radius 2 is 1.91 bits per heavy atom. The molecule has 1 unspecified atom stereocenters. The van der Waals surface area contributed by atoms with Crippen molar-refractivity contribution in [2.24, 2.45) is 19.2 Å². The van der Waals surface area contributed by atoms with Crippen LogP contribution in [0.2, 0.25) is 5.02 Å². The Morgan fingerprint density at radius 3 is 2.63 bits per heavy atom. The molecule has 11 heteroatoms. The van der Waals surface area contributed by atoms with Crippen LogP contribution in [0, 0.1) is 6.92 Å². The van der Waals surface area contributed by atoms with Gasteiger partial charge in [0.25, 0.3) is 5.56 Å². The fraction of sp³-hybridized carbons (Fsp3) is 0.250. The molecular formula is C24H25ClN6O4. The first-order chi connectivity index (χ1) is 16.7. The molecule has 0 amide bonds. The molecule has 2 N–H and O–H groups in total. The topological polar surface area (TPSA) is 116 Å². The molecule has 10 nitrogen and oxygen atoms in total. The molecule has 0 saturated carbocycles. The SMILES string of the molecule is Cc1cccc(OCC(O)Cn2c(NN=Cc3ccc(Cl)cc3)nc3c2c(=O)n(C)c(=O)n3C)c1. The van der Waals surface area contributed by atoms with E-state index in [1.54, 1.807) is 36.5 Å². The molecule has 0 aliphatic rings. The molecule has 4 rings (SSSR count). The second-order valence-corrected chi connectivity index (χ2v) is 8.56. The number of aryl methyl sites for hydroxylation is 2. The minimum atomic E-state index is -0.976. The van der Waals surface area contributed by atoms with Crippen molar-refractivity contribution in [3.63, 3.8) is 0 Å². The lowest BCUT2D eigenvalue weighted by atomic mass is 10.2. The van der Waals surface area contributed by atoms with Crippen LogP contribution in [0.25, 0.3) is 11.2 Å². The second kappa shape index (κ2) is 10.2. The zero-order valence-corrected chi connectivity index (χ0v) is 20.2. The number of rotatable bonds is 8. The van der Waals surface area contributed by atoms with Crippen LogP contribution in [-0.2, 0) is 20.6 Å². The zero-order valence-electron chi connectivity index (χ0n) is 19.5. The van der Waals surface area contributed by atoms with Gasteiger partial charge in [-0.3, -0.25) is 13.9 Å². The highest BCUT2D eigenvalue weighted by Crippen LogP contribution is 2.18. The fourth-order valence-electron chi connectivity index (χ4n) is 3.58. The van der Waals surface area contributed by atoms with E-state index in [0.29, 0.717) is 10.8 Å². The van der Waals surface area contributed by atoms with E-state index in [0.717, 1.165) is 15.7 Å². The summed E-state index contributed by atoms with van der Waals surface area (Å²) in [4.78, 5) is 29.8. The molecule has 2 heterocycles. The summed E-state index contributed by atoms with van der Waals surface area (Å²) < 4.78 is 9.48. The highest BCUT2D eigenvalue weighted by molar-refractivity contribution is 6.30. The third-order valence-electron chi connectivity index (χ3n) is 5.42. The molecule has 2 aromatic carbocycles. The summed E-state index contributed by atoms with van der Waals surface area (Å²) in [6.45, 7) is 1.92. The Kier molecular flexibility index (Phi) is 7.04. The Morgan fingerprint density at radius 1 is 1.17 bits per heavy atom. The predicted molar refractivity (Wildman–Crippen MR) is 136 cm³/mol. The van der Waals surface area contributed by atoms with Crippen molar-refractivity contribution in [3.8, 4) is 5.75 Å². The number of hydrazone groups is 1. The molecule has 0 fully saturated rings. The number of halogens is 1. The van der Waals surface area contributed by atoms with Crippen LogP contribution in [0.4, 0.5) is 5.95 Å². The number of ether oxygens (including phenoxy) is 1. The van der Waals surface area contributed by atoms with E-state index in [-0.39, 0.29) is 30.3 Å². The van der Waals surface area contributed by atoms with Crippen molar-refractivity contribution in [1.29, 1.82) is 0 Å². The largest absolute Gasteiger partial charge is 0.491 e. The van der Waals surface area contributed by atoms with Crippen molar-refractivity contribution in [2.75, 3.05) is 12.0 Å². The van der Waals surface area contributed by atoms with Gasteiger partial charge in [-0.05, 0) is 42.3 Å². The van der Waals surface area contributed by atoms with Gasteiger partial charge < -0.3 is 14.4 Å². The third kappa shape index (κ3) is 5.28. The molecule has 1 atom stereocenters. The van der Waals surface area contributed by atoms with Crippen molar-refractivity contribution in [1.82, 2.24) is 18.7 Å². The van der Waals surface area contributed by atoms with Gasteiger partial charge in [0.05, 0.1) is 12.8 Å². The van der Waals surface area contributed by atoms with Crippen LogP contribution in [-0.4, -0.2) is 42.7 Å². The van der Waals surface area contributed by atoms with Crippen molar-refractivity contribution in [2.45, 2.75) is 19.6 Å². The molecule has 0 radical (unpaired) electrons. The number of anilines is 1. The maximum absolute atomic E-state index is 13.0. The molecule has 2 aromatic heterocycles. The van der Waals surface area contributed by atoms with Gasteiger partial charge in [-0.1, -0.05) is 35.9 Å². The highest BCUT2D eigenvalue weighted by atomic mass is 35.5. The molecule has 0 aliphatic carbocycles. The number of nitrogens with one attached hydrogen (secondary N) is 1. The Labute approximate surface area is 205 Å². The smallest absolute Gasteiger partial charge is 0.332 e. The monoisotopic (exact) mass is 496 g/mol. The first-order valence-electron chi connectivity index (χ1n) is 10.8. The van der Waals surface area contributed by atoms with Crippen LogP contribution in [0.1, 0.15) is 11.1 Å². The summed E-state index contributed by atoms with van der Waals surface area (Å²) in [7, 11) is 2.92. The lowest BCUT2D eigenvalue weighted by Crippen LogP contribution is -2.38. The van der Waals surface area contributed by atoms with Gasteiger partial charge >= 0.3 is 5.69 Å². The standard InChI is InChI=1S/C24H25ClN6O4/c1-15-5-4-6-19(11-15)35-14-18(32)13-31-20-21(29(2)24(34)30(3)22(20)33)27-23(31)28-26-12-16-7-9-17(25)10-8-16/h4-12,18,32H,13-14H2,1-3H3,(H,27,28). The van der Waals surface area contributed by atoms with Crippen molar-refractivity contribution < 1.29 is 9.84 Å². The Bertz CT molecular complexity index is 1500. The number of hydrogen-bond donors (Lipinski definition) is 2. The van der Waals surface area contributed by atoms with Gasteiger partial charge in [-0.2, -0.15) is 10.1 Å². The summed E-state index contributed by atoms with van der Waals surface area (Å²) in [5.74, 6) is 0.821. The predicted octanol–water partition coefficient (Wildman–Crippen LogP) is 2.28. The average Bonchev–Trinajstić information content (AvgIpc) is 3.19. The molecule has 0 aliphatic heterocycles. The molecule has 35 heavy (non-hydrogen) atoms. The lowest BCUT2D eigenvalue weighted by molar-refractivity contribution is 0.0938. The van der Waals surface area contributed by atoms with Crippen LogP contribution < -0.4 is 21.4 Å². The second-order valence-electron chi connectivity index (χ2n) is 8.13. The summed E-state index contributed by atoms with van der Waals surface area (Å²) in [6.07, 6.45) is 0.588. The van der Waals surface area contributed by atoms with Gasteiger partial charge in [-0.25, -0.2) is 10.2 Å². The summed E-state index contributed by atoms with van der Waals surface area (Å²) >= 11 is 5.92. The molecule has 0 bridgehead atoms. The van der Waals surface area contributed by atoms with Crippen LogP contribution in [0.5, 0.6) is 5.75 Å². The maximum atomic E-state index is 13.0. The van der Waals surface area contributed by atoms with E-state index in [9.17, 15) is 14.7 Å². The fourth-order valence-corrected chi connectivity index (χ4v) is 3.71. The lowest BCUT2D eigenvalue weighted by Gasteiger charge is -2.15. The number of nitrogens with zero attached hydrogens (tertiary/aromatic N) is 5. The number of fused-ring (bicyclic) bond motifs is 1. The average molecular weight is 497 g/mol. The van der Waals surface area contributed by atoms with Crippen LogP contribution in [0.3, 0.4) is 0 Å². The van der Waals surface area contributed by atoms with Crippen LogP contribution in [0.15, 0.2) is 63.2 Å². The van der Waals surface area contributed by atoms with E-state index in [4.69, 9.17) is 16.3 Å². The molecule has 0 spiro atoms. The Balaban J connectivity index is 1.65. The zero-order chi connectivity index (χ0) is 25.1. The van der Waals surface area contributed by atoms with Gasteiger partial charge in [0.2, 0.25) is 5.95 Å². The first kappa shape index (κ1) is 24.2. The quantitative estimate of drug-likeness (QED) is 0.285. The van der Waals surface area contributed by atoms with Crippen molar-refractivity contribution in [3.05, 3.63) is 85.5 Å². The first-order valence-corrected chi connectivity index (χ1v) is 11.2. The van der Waals surface area contributed by atoms with Crippen LogP contribution >= 0.6 is 11.6 Å². The number of aliphatic hydroxyl groups excluding tert-OH is 1. The number of hydrogen-bond acceptors (Lipinski definition) is 7. The normalized spacial score (nSPS) is 12.4. The number of imidazole rings is 1. The minimum Gasteiger partial charge on any atom is -0.491 e. The maximum Gasteiger partial charge on any atom is 0.332 e. The van der Waals surface area contributed by atoms with E-state index in [1.165, 1.54) is 23.2 Å². The number of benzene rings is 2. The van der Waals surface area contributed by atoms with Gasteiger partial charge in [0.15, 0.2) is 11.2 Å². The summed E-state index contributed by atoms with van der Waals surface area (Å²) in [5, 5.41) is 15.5. The van der Waals surface area contributed by atoms with Gasteiger partial charge in [-0.15, -0.1) is 0 Å². The minimum absolute atomic E-state index is 0.0112. The van der Waals surface area contributed by atoms with E-state index < -0.39 is 17.4 Å². The molecule has 4 aromatic rings. The van der Waals surface area contributed by atoms with E-state index in [1.807, 2.05) is 25.1 Å². The van der Waals surface area contributed by atoms with E-state index in [2.05, 4.69) is 15.5 Å².